The predicted octanol–water partition coefficient (Wildman–Crippen LogP) is 2.79. The zero-order valence-electron chi connectivity index (χ0n) is 21.3. The fourth-order valence-electron chi connectivity index (χ4n) is 4.73. The van der Waals surface area contributed by atoms with Crippen LogP contribution >= 0.6 is 0 Å². The minimum Gasteiger partial charge on any atom is -0.493 e. The molecule has 2 aliphatic heterocycles. The minimum atomic E-state index is -2.32. The first-order chi connectivity index (χ1) is 17.8. The number of esters is 2. The molecule has 2 aromatic carbocycles. The van der Waals surface area contributed by atoms with Crippen molar-refractivity contribution in [2.75, 3.05) is 41.3 Å². The van der Waals surface area contributed by atoms with Crippen LogP contribution in [-0.2, 0) is 19.1 Å². The number of ether oxygens (including phenoxy) is 8. The lowest BCUT2D eigenvalue weighted by molar-refractivity contribution is -0.214. The highest BCUT2D eigenvalue weighted by atomic mass is 16.7. The average Bonchev–Trinajstić information content (AvgIpc) is 3.33. The van der Waals surface area contributed by atoms with Gasteiger partial charge < -0.3 is 43.0 Å². The van der Waals surface area contributed by atoms with E-state index in [1.54, 1.807) is 38.1 Å². The lowest BCUT2D eigenvalue weighted by Gasteiger charge is -2.43. The number of aliphatic hydroxyl groups is 1. The van der Waals surface area contributed by atoms with Gasteiger partial charge in [0.1, 0.15) is 18.1 Å². The maximum absolute atomic E-state index is 13.5. The fourth-order valence-corrected chi connectivity index (χ4v) is 4.73. The van der Waals surface area contributed by atoms with Crippen LogP contribution < -0.4 is 28.4 Å². The van der Waals surface area contributed by atoms with E-state index in [-0.39, 0.29) is 25.8 Å². The van der Waals surface area contributed by atoms with Crippen molar-refractivity contribution in [3.05, 3.63) is 35.4 Å². The summed E-state index contributed by atoms with van der Waals surface area (Å²) < 4.78 is 44.0. The largest absolute Gasteiger partial charge is 0.493 e. The molecular weight excluding hydrogens is 488 g/mol. The maximum Gasteiger partial charge on any atom is 0.316 e. The molecule has 0 aliphatic carbocycles. The molecule has 0 aromatic heterocycles. The molecule has 2 aliphatic rings. The van der Waals surface area contributed by atoms with Gasteiger partial charge in [0.25, 0.3) is 0 Å². The molecule has 0 fully saturated rings. The van der Waals surface area contributed by atoms with E-state index in [1.807, 2.05) is 0 Å². The number of hydrogen-bond donors (Lipinski definition) is 1. The van der Waals surface area contributed by atoms with Gasteiger partial charge in [0.2, 0.25) is 18.3 Å². The highest BCUT2D eigenvalue weighted by Gasteiger charge is 2.56. The number of carbonyl (C=O) groups is 2. The van der Waals surface area contributed by atoms with Crippen LogP contribution in [0.1, 0.15) is 37.3 Å². The summed E-state index contributed by atoms with van der Waals surface area (Å²) in [6, 6.07) is 6.58. The standard InChI is InChI=1S/C26H30O11/c1-6-33-21(27)12-26(29)23(25(28)34-7-2)22(14-8-19(30-3)24(32-5)20(9-14)31-4)15-10-17-18(36-13-35-17)11-16(15)37-26/h8-11,22-23,29H,6-7,12-13H2,1-5H3/t22-,23+,26-/m1/s1. The number of fused-ring (bicyclic) bond motifs is 2. The summed E-state index contributed by atoms with van der Waals surface area (Å²) in [4.78, 5) is 26.0. The molecule has 11 nitrogen and oxygen atoms in total. The van der Waals surface area contributed by atoms with Crippen LogP contribution in [0.5, 0.6) is 34.5 Å². The zero-order chi connectivity index (χ0) is 26.7. The Morgan fingerprint density at radius 1 is 0.919 bits per heavy atom. The quantitative estimate of drug-likeness (QED) is 0.492. The first-order valence-corrected chi connectivity index (χ1v) is 11.8. The molecule has 0 radical (unpaired) electrons. The Balaban J connectivity index is 1.98. The van der Waals surface area contributed by atoms with Crippen LogP contribution in [0.4, 0.5) is 0 Å². The van der Waals surface area contributed by atoms with E-state index in [9.17, 15) is 14.7 Å². The summed E-state index contributed by atoms with van der Waals surface area (Å²) in [5.74, 6) is -4.03. The van der Waals surface area contributed by atoms with Gasteiger partial charge in [-0.25, -0.2) is 0 Å². The van der Waals surface area contributed by atoms with E-state index in [4.69, 9.17) is 37.9 Å². The van der Waals surface area contributed by atoms with Gasteiger partial charge in [-0.1, -0.05) is 0 Å². The van der Waals surface area contributed by atoms with Crippen molar-refractivity contribution in [3.63, 3.8) is 0 Å². The van der Waals surface area contributed by atoms with Gasteiger partial charge in [-0.2, -0.15) is 0 Å². The average molecular weight is 519 g/mol. The maximum atomic E-state index is 13.5. The Kier molecular flexibility index (Phi) is 7.53. The molecule has 4 rings (SSSR count). The molecule has 1 N–H and O–H groups in total. The molecule has 0 spiro atoms. The third kappa shape index (κ3) is 4.78. The SMILES string of the molecule is CCOC(=O)C[C@@]1(O)Oc2cc3c(cc2[C@@H](c2cc(OC)c(OC)c(OC)c2)[C@H]1C(=O)OCC)OCO3. The number of rotatable bonds is 9. The molecule has 0 saturated heterocycles. The summed E-state index contributed by atoms with van der Waals surface area (Å²) >= 11 is 0. The Bertz CT molecular complexity index is 1150. The zero-order valence-corrected chi connectivity index (χ0v) is 21.3. The summed E-state index contributed by atoms with van der Waals surface area (Å²) in [5, 5.41) is 11.8. The van der Waals surface area contributed by atoms with E-state index < -0.39 is 36.0 Å². The van der Waals surface area contributed by atoms with Gasteiger partial charge in [0.05, 0.1) is 34.5 Å². The van der Waals surface area contributed by atoms with Crippen LogP contribution in [0.3, 0.4) is 0 Å². The molecule has 11 heteroatoms. The molecule has 0 amide bonds. The van der Waals surface area contributed by atoms with Gasteiger partial charge >= 0.3 is 11.9 Å². The van der Waals surface area contributed by atoms with Gasteiger partial charge in [0.15, 0.2) is 23.0 Å². The van der Waals surface area contributed by atoms with E-state index in [2.05, 4.69) is 0 Å². The number of hydrogen-bond acceptors (Lipinski definition) is 11. The van der Waals surface area contributed by atoms with E-state index in [0.29, 0.717) is 39.9 Å². The van der Waals surface area contributed by atoms with Gasteiger partial charge in [-0.3, -0.25) is 9.59 Å². The van der Waals surface area contributed by atoms with Crippen LogP contribution in [0.15, 0.2) is 24.3 Å². The summed E-state index contributed by atoms with van der Waals surface area (Å²) in [6.45, 7) is 3.42. The summed E-state index contributed by atoms with van der Waals surface area (Å²) in [5.41, 5.74) is 1.02. The lowest BCUT2D eigenvalue weighted by atomic mass is 9.73. The second-order valence-corrected chi connectivity index (χ2v) is 8.34. The Labute approximate surface area is 214 Å². The molecule has 0 unspecified atom stereocenters. The van der Waals surface area contributed by atoms with Crippen LogP contribution in [0.2, 0.25) is 0 Å². The molecule has 200 valence electrons. The second-order valence-electron chi connectivity index (χ2n) is 8.34. The van der Waals surface area contributed by atoms with E-state index in [0.717, 1.165) is 0 Å². The van der Waals surface area contributed by atoms with E-state index in [1.165, 1.54) is 21.3 Å². The van der Waals surface area contributed by atoms with Gasteiger partial charge in [0, 0.05) is 17.5 Å². The summed E-state index contributed by atoms with van der Waals surface area (Å²) in [6.07, 6.45) is -0.626. The number of benzene rings is 2. The summed E-state index contributed by atoms with van der Waals surface area (Å²) in [7, 11) is 4.41. The fraction of sp³-hybridized carbons (Fsp3) is 0.462. The smallest absolute Gasteiger partial charge is 0.316 e. The molecule has 0 saturated carbocycles. The van der Waals surface area contributed by atoms with Gasteiger partial charge in [-0.05, 0) is 37.6 Å². The molecule has 0 bridgehead atoms. The predicted molar refractivity (Wildman–Crippen MR) is 127 cm³/mol. The van der Waals surface area contributed by atoms with Crippen molar-refractivity contribution in [1.82, 2.24) is 0 Å². The topological polar surface area (TPSA) is 128 Å². The van der Waals surface area contributed by atoms with Gasteiger partial charge in [-0.15, -0.1) is 0 Å². The molecule has 2 heterocycles. The van der Waals surface area contributed by atoms with Crippen molar-refractivity contribution < 1.29 is 52.6 Å². The Morgan fingerprint density at radius 3 is 2.11 bits per heavy atom. The number of carbonyl (C=O) groups excluding carboxylic acids is 2. The second kappa shape index (κ2) is 10.6. The Hall–Kier alpha value is -3.86. The minimum absolute atomic E-state index is 0.00146. The molecule has 2 aromatic rings. The highest BCUT2D eigenvalue weighted by molar-refractivity contribution is 5.80. The van der Waals surface area contributed by atoms with Crippen LogP contribution in [0, 0.1) is 5.92 Å². The third-order valence-electron chi connectivity index (χ3n) is 6.24. The van der Waals surface area contributed by atoms with Crippen molar-refractivity contribution in [2.45, 2.75) is 32.0 Å². The van der Waals surface area contributed by atoms with Crippen LogP contribution in [-0.4, -0.2) is 64.2 Å². The molecule has 37 heavy (non-hydrogen) atoms. The van der Waals surface area contributed by atoms with Crippen molar-refractivity contribution >= 4 is 11.9 Å². The highest BCUT2D eigenvalue weighted by Crippen LogP contribution is 2.54. The van der Waals surface area contributed by atoms with Crippen LogP contribution in [0.25, 0.3) is 0 Å². The number of methoxy groups -OCH3 is 3. The van der Waals surface area contributed by atoms with Crippen molar-refractivity contribution in [1.29, 1.82) is 0 Å². The van der Waals surface area contributed by atoms with Crippen molar-refractivity contribution in [3.8, 4) is 34.5 Å². The molecule has 3 atom stereocenters. The van der Waals surface area contributed by atoms with E-state index >= 15 is 0 Å². The Morgan fingerprint density at radius 2 is 1.54 bits per heavy atom. The molecular formula is C26H30O11. The lowest BCUT2D eigenvalue weighted by Crippen LogP contribution is -2.54. The normalized spacial score (nSPS) is 21.4. The third-order valence-corrected chi connectivity index (χ3v) is 6.24. The first kappa shape index (κ1) is 26.2. The monoisotopic (exact) mass is 518 g/mol. The van der Waals surface area contributed by atoms with Crippen molar-refractivity contribution in [2.24, 2.45) is 5.92 Å². The first-order valence-electron chi connectivity index (χ1n) is 11.8.